The fourth-order valence-corrected chi connectivity index (χ4v) is 3.19. The molecule has 1 amide bonds. The van der Waals surface area contributed by atoms with Gasteiger partial charge in [-0.1, -0.05) is 30.8 Å². The molecule has 1 heterocycles. The van der Waals surface area contributed by atoms with E-state index in [2.05, 4.69) is 29.4 Å². The maximum Gasteiger partial charge on any atom is 0.234 e. The van der Waals surface area contributed by atoms with Gasteiger partial charge in [0, 0.05) is 23.7 Å². The van der Waals surface area contributed by atoms with Crippen molar-refractivity contribution in [1.29, 1.82) is 0 Å². The number of anilines is 1. The van der Waals surface area contributed by atoms with Crippen LogP contribution in [0.4, 0.5) is 5.69 Å². The summed E-state index contributed by atoms with van der Waals surface area (Å²) in [4.78, 5) is 23.5. The van der Waals surface area contributed by atoms with Gasteiger partial charge in [0.2, 0.25) is 5.91 Å². The smallest absolute Gasteiger partial charge is 0.234 e. The first-order valence-corrected chi connectivity index (χ1v) is 8.88. The minimum Gasteiger partial charge on any atom is -0.325 e. The SMILES string of the molecule is CCc1nnc(SCC(=O)Nc2cccc(C(C)=O)c2)n1C(C)C. The molecule has 7 heteroatoms. The van der Waals surface area contributed by atoms with E-state index in [1.54, 1.807) is 24.3 Å². The van der Waals surface area contributed by atoms with Gasteiger partial charge < -0.3 is 9.88 Å². The average molecular weight is 346 g/mol. The predicted molar refractivity (Wildman–Crippen MR) is 95.6 cm³/mol. The number of nitrogens with zero attached hydrogens (tertiary/aromatic N) is 3. The number of carbonyl (C=O) groups excluding carboxylic acids is 2. The van der Waals surface area contributed by atoms with Gasteiger partial charge in [-0.25, -0.2) is 0 Å². The molecular formula is C17H22N4O2S. The van der Waals surface area contributed by atoms with Gasteiger partial charge in [0.15, 0.2) is 10.9 Å². The Morgan fingerprint density at radius 3 is 2.67 bits per heavy atom. The van der Waals surface area contributed by atoms with Crippen LogP contribution in [-0.2, 0) is 11.2 Å². The zero-order valence-electron chi connectivity index (χ0n) is 14.4. The molecule has 2 rings (SSSR count). The molecule has 2 aromatic rings. The number of hydrogen-bond acceptors (Lipinski definition) is 5. The predicted octanol–water partition coefficient (Wildman–Crippen LogP) is 3.35. The van der Waals surface area contributed by atoms with Crippen molar-refractivity contribution in [2.45, 2.75) is 45.3 Å². The Morgan fingerprint density at radius 2 is 2.04 bits per heavy atom. The Labute approximate surface area is 146 Å². The molecule has 24 heavy (non-hydrogen) atoms. The maximum absolute atomic E-state index is 12.2. The van der Waals surface area contributed by atoms with Crippen molar-refractivity contribution >= 4 is 29.1 Å². The number of thioether (sulfide) groups is 1. The highest BCUT2D eigenvalue weighted by Crippen LogP contribution is 2.22. The van der Waals surface area contributed by atoms with E-state index in [-0.39, 0.29) is 23.5 Å². The number of nitrogens with one attached hydrogen (secondary N) is 1. The largest absolute Gasteiger partial charge is 0.325 e. The van der Waals surface area contributed by atoms with Gasteiger partial charge >= 0.3 is 0 Å². The van der Waals surface area contributed by atoms with Crippen LogP contribution < -0.4 is 5.32 Å². The summed E-state index contributed by atoms with van der Waals surface area (Å²) < 4.78 is 2.05. The summed E-state index contributed by atoms with van der Waals surface area (Å²) in [5.41, 5.74) is 1.19. The van der Waals surface area contributed by atoms with E-state index in [0.717, 1.165) is 17.4 Å². The first kappa shape index (κ1) is 18.2. The van der Waals surface area contributed by atoms with Crippen molar-refractivity contribution < 1.29 is 9.59 Å². The summed E-state index contributed by atoms with van der Waals surface area (Å²) in [6.07, 6.45) is 0.801. The zero-order valence-corrected chi connectivity index (χ0v) is 15.2. The minimum absolute atomic E-state index is 0.0300. The monoisotopic (exact) mass is 346 g/mol. The molecule has 0 fully saturated rings. The molecule has 0 saturated heterocycles. The molecule has 0 aliphatic heterocycles. The number of ketones is 1. The standard InChI is InChI=1S/C17H22N4O2S/c1-5-15-19-20-17(21(15)11(2)3)24-10-16(23)18-14-8-6-7-13(9-14)12(4)22/h6-9,11H,5,10H2,1-4H3,(H,18,23). The minimum atomic E-state index is -0.142. The maximum atomic E-state index is 12.2. The lowest BCUT2D eigenvalue weighted by atomic mass is 10.1. The number of benzene rings is 1. The lowest BCUT2D eigenvalue weighted by Gasteiger charge is -2.12. The van der Waals surface area contributed by atoms with Crippen molar-refractivity contribution in [1.82, 2.24) is 14.8 Å². The molecule has 0 aliphatic rings. The van der Waals surface area contributed by atoms with E-state index >= 15 is 0 Å². The van der Waals surface area contributed by atoms with Crippen LogP contribution in [0, 0.1) is 0 Å². The van der Waals surface area contributed by atoms with E-state index in [9.17, 15) is 9.59 Å². The summed E-state index contributed by atoms with van der Waals surface area (Å²) in [6, 6.07) is 7.16. The van der Waals surface area contributed by atoms with Crippen molar-refractivity contribution in [3.63, 3.8) is 0 Å². The van der Waals surface area contributed by atoms with Crippen LogP contribution in [0.15, 0.2) is 29.4 Å². The van der Waals surface area contributed by atoms with Crippen LogP contribution in [0.1, 0.15) is 49.9 Å². The second-order valence-electron chi connectivity index (χ2n) is 5.69. The molecule has 0 unspecified atom stereocenters. The second kappa shape index (κ2) is 8.10. The molecule has 0 bridgehead atoms. The van der Waals surface area contributed by atoms with E-state index in [4.69, 9.17) is 0 Å². The van der Waals surface area contributed by atoms with Gasteiger partial charge in [-0.05, 0) is 32.9 Å². The van der Waals surface area contributed by atoms with Crippen LogP contribution >= 0.6 is 11.8 Å². The zero-order chi connectivity index (χ0) is 17.7. The molecule has 128 valence electrons. The van der Waals surface area contributed by atoms with Crippen LogP contribution in [-0.4, -0.2) is 32.2 Å². The summed E-state index contributed by atoms with van der Waals surface area (Å²) in [5.74, 6) is 0.982. The van der Waals surface area contributed by atoms with Gasteiger partial charge in [0.05, 0.1) is 5.75 Å². The Bertz CT molecular complexity index is 740. The Hall–Kier alpha value is -2.15. The normalized spacial score (nSPS) is 10.9. The number of aromatic nitrogens is 3. The lowest BCUT2D eigenvalue weighted by molar-refractivity contribution is -0.113. The van der Waals surface area contributed by atoms with Gasteiger partial charge in [0.25, 0.3) is 0 Å². The fraction of sp³-hybridized carbons (Fsp3) is 0.412. The summed E-state index contributed by atoms with van der Waals surface area (Å²) in [5, 5.41) is 11.9. The lowest BCUT2D eigenvalue weighted by Crippen LogP contribution is -2.15. The van der Waals surface area contributed by atoms with E-state index in [1.807, 2.05) is 11.5 Å². The van der Waals surface area contributed by atoms with Crippen molar-refractivity contribution in [2.24, 2.45) is 0 Å². The third-order valence-corrected chi connectivity index (χ3v) is 4.40. The topological polar surface area (TPSA) is 76.9 Å². The van der Waals surface area contributed by atoms with Crippen molar-refractivity contribution in [3.05, 3.63) is 35.7 Å². The highest BCUT2D eigenvalue weighted by molar-refractivity contribution is 7.99. The summed E-state index contributed by atoms with van der Waals surface area (Å²) >= 11 is 1.36. The quantitative estimate of drug-likeness (QED) is 0.614. The molecule has 1 aromatic carbocycles. The third-order valence-electron chi connectivity index (χ3n) is 3.45. The molecule has 6 nitrogen and oxygen atoms in total. The molecule has 0 saturated carbocycles. The van der Waals surface area contributed by atoms with E-state index in [0.29, 0.717) is 11.3 Å². The molecular weight excluding hydrogens is 324 g/mol. The molecule has 0 radical (unpaired) electrons. The molecule has 1 aromatic heterocycles. The molecule has 0 spiro atoms. The first-order valence-electron chi connectivity index (χ1n) is 7.89. The van der Waals surface area contributed by atoms with Gasteiger partial charge in [-0.2, -0.15) is 0 Å². The molecule has 0 aliphatic carbocycles. The number of carbonyl (C=O) groups is 2. The van der Waals surface area contributed by atoms with Crippen LogP contribution in [0.5, 0.6) is 0 Å². The Morgan fingerprint density at radius 1 is 1.29 bits per heavy atom. The number of Topliss-reactive ketones (excluding diaryl/α,β-unsaturated/α-hetero) is 1. The van der Waals surface area contributed by atoms with E-state index in [1.165, 1.54) is 18.7 Å². The summed E-state index contributed by atoms with van der Waals surface area (Å²) in [7, 11) is 0. The number of aryl methyl sites for hydroxylation is 1. The highest BCUT2D eigenvalue weighted by Gasteiger charge is 2.15. The van der Waals surface area contributed by atoms with Crippen LogP contribution in [0.3, 0.4) is 0 Å². The van der Waals surface area contributed by atoms with Crippen molar-refractivity contribution in [2.75, 3.05) is 11.1 Å². The Balaban J connectivity index is 2.00. The van der Waals surface area contributed by atoms with Gasteiger partial charge in [-0.3, -0.25) is 9.59 Å². The molecule has 0 atom stereocenters. The number of rotatable bonds is 7. The number of amides is 1. The fourth-order valence-electron chi connectivity index (χ4n) is 2.31. The van der Waals surface area contributed by atoms with Crippen LogP contribution in [0.2, 0.25) is 0 Å². The molecule has 1 N–H and O–H groups in total. The third kappa shape index (κ3) is 4.44. The average Bonchev–Trinajstić information content (AvgIpc) is 2.96. The van der Waals surface area contributed by atoms with Gasteiger partial charge in [-0.15, -0.1) is 10.2 Å². The first-order chi connectivity index (χ1) is 11.4. The summed E-state index contributed by atoms with van der Waals surface area (Å²) in [6.45, 7) is 7.67. The van der Waals surface area contributed by atoms with Crippen LogP contribution in [0.25, 0.3) is 0 Å². The van der Waals surface area contributed by atoms with Crippen molar-refractivity contribution in [3.8, 4) is 0 Å². The van der Waals surface area contributed by atoms with E-state index < -0.39 is 0 Å². The second-order valence-corrected chi connectivity index (χ2v) is 6.63. The van der Waals surface area contributed by atoms with Gasteiger partial charge in [0.1, 0.15) is 5.82 Å². The highest BCUT2D eigenvalue weighted by atomic mass is 32.2. The number of hydrogen-bond donors (Lipinski definition) is 1. The Kier molecular flexibility index (Phi) is 6.14.